The van der Waals surface area contributed by atoms with E-state index in [4.69, 9.17) is 10.00 Å². The molecule has 3 rings (SSSR count). The van der Waals surface area contributed by atoms with E-state index >= 15 is 0 Å². The summed E-state index contributed by atoms with van der Waals surface area (Å²) in [6.07, 6.45) is 1.58. The molecule has 2 aromatic carbocycles. The Bertz CT molecular complexity index is 1010. The normalized spacial score (nSPS) is 9.96. The predicted octanol–water partition coefficient (Wildman–Crippen LogP) is 4.27. The molecule has 0 radical (unpaired) electrons. The molecule has 0 aliphatic rings. The highest BCUT2D eigenvalue weighted by Crippen LogP contribution is 2.28. The molecule has 0 aliphatic heterocycles. The minimum Gasteiger partial charge on any atom is -0.495 e. The number of hydrogen-bond acceptors (Lipinski definition) is 5. The van der Waals surface area contributed by atoms with Crippen molar-refractivity contribution in [3.05, 3.63) is 77.6 Å². The second kappa shape index (κ2) is 8.02. The van der Waals surface area contributed by atoms with Crippen LogP contribution in [-0.2, 0) is 0 Å². The van der Waals surface area contributed by atoms with E-state index in [2.05, 4.69) is 15.6 Å². The predicted molar refractivity (Wildman–Crippen MR) is 104 cm³/mol. The zero-order valence-electron chi connectivity index (χ0n) is 15.0. The van der Waals surface area contributed by atoms with E-state index in [1.807, 2.05) is 31.2 Å². The Morgan fingerprint density at radius 1 is 1.11 bits per heavy atom. The lowest BCUT2D eigenvalue weighted by Gasteiger charge is -2.12. The summed E-state index contributed by atoms with van der Waals surface area (Å²) in [5, 5.41) is 15.0. The lowest BCUT2D eigenvalue weighted by atomic mass is 10.2. The van der Waals surface area contributed by atoms with E-state index in [0.717, 1.165) is 22.7 Å². The fourth-order valence-corrected chi connectivity index (χ4v) is 2.55. The lowest BCUT2D eigenvalue weighted by molar-refractivity contribution is 0.102. The van der Waals surface area contributed by atoms with E-state index in [0.29, 0.717) is 11.3 Å². The molecule has 134 valence electrons. The van der Waals surface area contributed by atoms with Gasteiger partial charge in [-0.2, -0.15) is 5.26 Å². The lowest BCUT2D eigenvalue weighted by Crippen LogP contribution is -2.14. The van der Waals surface area contributed by atoms with Crippen LogP contribution < -0.4 is 15.4 Å². The van der Waals surface area contributed by atoms with Gasteiger partial charge in [0.05, 0.1) is 35.9 Å². The molecule has 3 aromatic rings. The van der Waals surface area contributed by atoms with Gasteiger partial charge in [0.25, 0.3) is 5.91 Å². The summed E-state index contributed by atoms with van der Waals surface area (Å²) in [4.78, 5) is 16.6. The van der Waals surface area contributed by atoms with E-state index in [1.54, 1.807) is 49.7 Å². The third kappa shape index (κ3) is 4.22. The number of nitrogens with zero attached hydrogens (tertiary/aromatic N) is 2. The van der Waals surface area contributed by atoms with E-state index < -0.39 is 0 Å². The highest BCUT2D eigenvalue weighted by molar-refractivity contribution is 6.03. The number of hydrogen-bond donors (Lipinski definition) is 2. The van der Waals surface area contributed by atoms with Gasteiger partial charge < -0.3 is 15.4 Å². The molecule has 0 spiro atoms. The number of pyridine rings is 1. The topological polar surface area (TPSA) is 87.0 Å². The van der Waals surface area contributed by atoms with Crippen LogP contribution in [-0.4, -0.2) is 18.0 Å². The zero-order valence-corrected chi connectivity index (χ0v) is 15.0. The third-order valence-corrected chi connectivity index (χ3v) is 3.93. The van der Waals surface area contributed by atoms with Crippen LogP contribution in [0.2, 0.25) is 0 Å². The number of methoxy groups -OCH3 is 1. The maximum absolute atomic E-state index is 12.4. The molecule has 27 heavy (non-hydrogen) atoms. The molecular formula is C21H18N4O2. The number of aryl methyl sites for hydroxylation is 1. The minimum absolute atomic E-state index is 0.254. The molecule has 2 N–H and O–H groups in total. The number of benzene rings is 2. The first-order valence-electron chi connectivity index (χ1n) is 8.29. The van der Waals surface area contributed by atoms with Crippen molar-refractivity contribution in [2.75, 3.05) is 17.7 Å². The Kier molecular flexibility index (Phi) is 5.33. The number of aromatic nitrogens is 1. The van der Waals surface area contributed by atoms with Crippen LogP contribution in [0.15, 0.2) is 60.8 Å². The van der Waals surface area contributed by atoms with Gasteiger partial charge in [-0.25, -0.2) is 4.98 Å². The number of rotatable bonds is 5. The Morgan fingerprint density at radius 2 is 1.93 bits per heavy atom. The van der Waals surface area contributed by atoms with Gasteiger partial charge >= 0.3 is 0 Å². The van der Waals surface area contributed by atoms with Gasteiger partial charge in [0.15, 0.2) is 0 Å². The number of nitriles is 1. The van der Waals surface area contributed by atoms with Crippen molar-refractivity contribution < 1.29 is 9.53 Å². The molecule has 0 saturated carbocycles. The fourth-order valence-electron chi connectivity index (χ4n) is 2.55. The highest BCUT2D eigenvalue weighted by Gasteiger charge is 2.11. The van der Waals surface area contributed by atoms with Gasteiger partial charge in [0, 0.05) is 0 Å². The minimum atomic E-state index is -0.377. The summed E-state index contributed by atoms with van der Waals surface area (Å²) in [6.45, 7) is 2.00. The Labute approximate surface area is 157 Å². The second-order valence-corrected chi connectivity index (χ2v) is 5.87. The maximum atomic E-state index is 12.4. The van der Waals surface area contributed by atoms with Crippen LogP contribution in [0, 0.1) is 18.3 Å². The Balaban J connectivity index is 1.75. The van der Waals surface area contributed by atoms with E-state index in [-0.39, 0.29) is 11.6 Å². The van der Waals surface area contributed by atoms with Crippen LogP contribution in [0.3, 0.4) is 0 Å². The first-order chi connectivity index (χ1) is 13.1. The van der Waals surface area contributed by atoms with Gasteiger partial charge in [-0.1, -0.05) is 18.2 Å². The Morgan fingerprint density at radius 3 is 2.63 bits per heavy atom. The standard InChI is InChI=1S/C21H18N4O2/c1-14-7-10-20(27-2)19(11-14)24-16-8-9-18(23-13-16)21(26)25-17-6-4-3-5-15(17)12-22/h3-11,13,24H,1-2H3,(H,25,26). The fraction of sp³-hybridized carbons (Fsp3) is 0.0952. The van der Waals surface area contributed by atoms with Crippen LogP contribution in [0.5, 0.6) is 5.75 Å². The molecule has 6 heteroatoms. The van der Waals surface area contributed by atoms with Crippen molar-refractivity contribution in [1.82, 2.24) is 4.98 Å². The van der Waals surface area contributed by atoms with Crippen molar-refractivity contribution in [3.8, 4) is 11.8 Å². The molecule has 1 aromatic heterocycles. The van der Waals surface area contributed by atoms with Crippen molar-refractivity contribution in [2.45, 2.75) is 6.92 Å². The van der Waals surface area contributed by atoms with Crippen LogP contribution in [0.4, 0.5) is 17.1 Å². The van der Waals surface area contributed by atoms with Gasteiger partial charge in [-0.3, -0.25) is 4.79 Å². The van der Waals surface area contributed by atoms with Crippen molar-refractivity contribution >= 4 is 23.0 Å². The molecule has 0 saturated heterocycles. The summed E-state index contributed by atoms with van der Waals surface area (Å²) < 4.78 is 5.35. The first-order valence-corrected chi connectivity index (χ1v) is 8.29. The van der Waals surface area contributed by atoms with Crippen LogP contribution >= 0.6 is 0 Å². The molecular weight excluding hydrogens is 340 g/mol. The SMILES string of the molecule is COc1ccc(C)cc1Nc1ccc(C(=O)Nc2ccccc2C#N)nc1. The molecule has 1 heterocycles. The average Bonchev–Trinajstić information content (AvgIpc) is 2.69. The summed E-state index contributed by atoms with van der Waals surface area (Å²) in [6, 6.07) is 18.1. The molecule has 0 fully saturated rings. The van der Waals surface area contributed by atoms with E-state index in [1.165, 1.54) is 0 Å². The average molecular weight is 358 g/mol. The summed E-state index contributed by atoms with van der Waals surface area (Å²) in [5.41, 5.74) is 3.75. The highest BCUT2D eigenvalue weighted by atomic mass is 16.5. The number of carbonyl (C=O) groups excluding carboxylic acids is 1. The summed E-state index contributed by atoms with van der Waals surface area (Å²) in [7, 11) is 1.61. The monoisotopic (exact) mass is 358 g/mol. The van der Waals surface area contributed by atoms with Gasteiger partial charge in [0.1, 0.15) is 17.5 Å². The third-order valence-electron chi connectivity index (χ3n) is 3.93. The van der Waals surface area contributed by atoms with Gasteiger partial charge in [0.2, 0.25) is 0 Å². The van der Waals surface area contributed by atoms with Crippen LogP contribution in [0.1, 0.15) is 21.6 Å². The number of anilines is 3. The zero-order chi connectivity index (χ0) is 19.2. The number of amides is 1. The number of nitrogens with one attached hydrogen (secondary N) is 2. The van der Waals surface area contributed by atoms with E-state index in [9.17, 15) is 4.79 Å². The molecule has 0 aliphatic carbocycles. The number of ether oxygens (including phenoxy) is 1. The molecule has 6 nitrogen and oxygen atoms in total. The van der Waals surface area contributed by atoms with Gasteiger partial charge in [-0.05, 0) is 48.9 Å². The largest absolute Gasteiger partial charge is 0.495 e. The number of carbonyl (C=O) groups is 1. The van der Waals surface area contributed by atoms with Gasteiger partial charge in [-0.15, -0.1) is 0 Å². The smallest absolute Gasteiger partial charge is 0.274 e. The van der Waals surface area contributed by atoms with Crippen molar-refractivity contribution in [1.29, 1.82) is 5.26 Å². The molecule has 1 amide bonds. The second-order valence-electron chi connectivity index (χ2n) is 5.87. The van der Waals surface area contributed by atoms with Crippen molar-refractivity contribution in [3.63, 3.8) is 0 Å². The van der Waals surface area contributed by atoms with Crippen LogP contribution in [0.25, 0.3) is 0 Å². The summed E-state index contributed by atoms with van der Waals surface area (Å²) >= 11 is 0. The quantitative estimate of drug-likeness (QED) is 0.711. The first kappa shape index (κ1) is 18.0. The number of para-hydroxylation sites is 1. The Hall–Kier alpha value is -3.85. The molecule has 0 unspecified atom stereocenters. The molecule has 0 atom stereocenters. The van der Waals surface area contributed by atoms with Crippen molar-refractivity contribution in [2.24, 2.45) is 0 Å². The maximum Gasteiger partial charge on any atom is 0.274 e. The summed E-state index contributed by atoms with van der Waals surface area (Å²) in [5.74, 6) is 0.341. The molecule has 0 bridgehead atoms.